The molecule has 67 heavy (non-hydrogen) atoms. The van der Waals surface area contributed by atoms with E-state index in [2.05, 4.69) is 21.0 Å². The van der Waals surface area contributed by atoms with Gasteiger partial charge in [-0.3, -0.25) is 24.8 Å². The molecule has 0 aromatic heterocycles. The van der Waals surface area contributed by atoms with Crippen molar-refractivity contribution >= 4 is 47.2 Å². The molecule has 2 aliphatic heterocycles. The Morgan fingerprint density at radius 3 is 2.36 bits per heavy atom. The number of likely N-dealkylation sites (tertiary alicyclic amines) is 1. The van der Waals surface area contributed by atoms with Crippen LogP contribution in [0.1, 0.15) is 77.7 Å². The maximum atomic E-state index is 13.6. The predicted molar refractivity (Wildman–Crippen MR) is 257 cm³/mol. The molecule has 0 bridgehead atoms. The van der Waals surface area contributed by atoms with Crippen LogP contribution in [0, 0.1) is 0 Å². The van der Waals surface area contributed by atoms with Gasteiger partial charge in [0, 0.05) is 44.4 Å². The first-order valence-corrected chi connectivity index (χ1v) is 23.2. The van der Waals surface area contributed by atoms with E-state index >= 15 is 0 Å². The van der Waals surface area contributed by atoms with Crippen LogP contribution in [0.25, 0.3) is 11.1 Å². The summed E-state index contributed by atoms with van der Waals surface area (Å²) in [5, 5.41) is 7.64. The number of cyclic esters (lactones) is 1. The lowest BCUT2D eigenvalue weighted by Gasteiger charge is -2.36. The number of unbranched alkanes of at least 4 members (excludes halogenated alkanes) is 2. The van der Waals surface area contributed by atoms with E-state index in [0.29, 0.717) is 55.8 Å². The van der Waals surface area contributed by atoms with Crippen molar-refractivity contribution in [2.45, 2.75) is 96.6 Å². The molecule has 16 heteroatoms. The molecule has 3 N–H and O–H groups in total. The van der Waals surface area contributed by atoms with Crippen molar-refractivity contribution < 1.29 is 42.9 Å². The highest BCUT2D eigenvalue weighted by Crippen LogP contribution is 2.29. The smallest absolute Gasteiger partial charge is 0.414 e. The lowest BCUT2D eigenvalue weighted by atomic mass is 10.0. The summed E-state index contributed by atoms with van der Waals surface area (Å²) in [6.07, 6.45) is 3.81. The lowest BCUT2D eigenvalue weighted by molar-refractivity contribution is -0.162. The number of carbonyl (C=O) groups excluding carboxylic acids is 5. The molecule has 6 rings (SSSR count). The quantitative estimate of drug-likeness (QED) is 0.0464. The van der Waals surface area contributed by atoms with Gasteiger partial charge < -0.3 is 29.7 Å². The fraction of sp³-hybridized carbons (Fsp3) is 0.431. The van der Waals surface area contributed by atoms with E-state index in [1.807, 2.05) is 103 Å². The normalized spacial score (nSPS) is 16.5. The highest BCUT2D eigenvalue weighted by Gasteiger charge is 2.36. The van der Waals surface area contributed by atoms with Gasteiger partial charge in [0.2, 0.25) is 5.91 Å². The molecule has 2 saturated heterocycles. The van der Waals surface area contributed by atoms with Crippen molar-refractivity contribution in [2.24, 2.45) is 0 Å². The van der Waals surface area contributed by atoms with Crippen molar-refractivity contribution in [3.8, 4) is 11.1 Å². The topological polar surface area (TPSA) is 171 Å². The fourth-order valence-electron chi connectivity index (χ4n) is 7.82. The fourth-order valence-corrected chi connectivity index (χ4v) is 7.82. The predicted octanol–water partition coefficient (Wildman–Crippen LogP) is 9.00. The van der Waals surface area contributed by atoms with E-state index in [9.17, 15) is 24.0 Å². The summed E-state index contributed by atoms with van der Waals surface area (Å²) in [7, 11) is 1.50. The summed E-state index contributed by atoms with van der Waals surface area (Å²) < 4.78 is 22.5. The molecule has 2 unspecified atom stereocenters. The number of amides is 4. The molecular formula is C51H65N7O9. The maximum absolute atomic E-state index is 13.6. The number of likely N-dealkylation sites (N-methyl/N-ethyl adjacent to an activating group) is 1. The Labute approximate surface area is 393 Å². The molecule has 0 spiro atoms. The molecular weight excluding hydrogens is 855 g/mol. The second-order valence-corrected chi connectivity index (χ2v) is 17.7. The third kappa shape index (κ3) is 15.7. The number of carbonyl (C=O) groups is 5. The zero-order valence-electron chi connectivity index (χ0n) is 39.1. The Kier molecular flexibility index (Phi) is 18.4. The second kappa shape index (κ2) is 24.8. The van der Waals surface area contributed by atoms with E-state index in [0.717, 1.165) is 48.9 Å². The van der Waals surface area contributed by atoms with Gasteiger partial charge in [-0.05, 0) is 101 Å². The molecule has 2 aliphatic rings. The minimum atomic E-state index is -0.901. The van der Waals surface area contributed by atoms with Crippen molar-refractivity contribution in [3.05, 3.63) is 115 Å². The number of anilines is 3. The molecule has 0 radical (unpaired) electrons. The molecule has 4 amide bonds. The number of para-hydroxylation sites is 1. The zero-order chi connectivity index (χ0) is 47.6. The van der Waals surface area contributed by atoms with Gasteiger partial charge in [0.1, 0.15) is 11.6 Å². The summed E-state index contributed by atoms with van der Waals surface area (Å²) >= 11 is 0. The van der Waals surface area contributed by atoms with E-state index < -0.39 is 35.9 Å². The van der Waals surface area contributed by atoms with Crippen molar-refractivity contribution in [1.82, 2.24) is 20.1 Å². The Hall–Kier alpha value is -6.65. The third-order valence-electron chi connectivity index (χ3n) is 11.3. The van der Waals surface area contributed by atoms with Crippen LogP contribution >= 0.6 is 0 Å². The number of nitrogens with zero attached hydrogens (tertiary/aromatic N) is 4. The summed E-state index contributed by atoms with van der Waals surface area (Å²) in [5.41, 5.74) is 7.26. The number of rotatable bonds is 19. The van der Waals surface area contributed by atoms with E-state index in [1.165, 1.54) is 11.9 Å². The first kappa shape index (κ1) is 49.8. The molecule has 2 heterocycles. The van der Waals surface area contributed by atoms with Crippen LogP contribution in [0.2, 0.25) is 0 Å². The molecule has 4 aromatic carbocycles. The SMILES string of the molecule is CN(C(=O)OC(C)(C)C)C1CN(Nc2cccc(N(Cc3ccccc3)C(=O)OCCCCCC(=O)NCCCN3CCCCC3OC(=O)Nc3ccccc3-c3ccccc3)c2)COC1=O. The minimum absolute atomic E-state index is 0.0317. The Morgan fingerprint density at radius 1 is 0.836 bits per heavy atom. The standard InChI is InChI=1S/C51H65N7O9/c1-51(2,3)67-49(62)55(4)44-36-57(37-65-47(44)60)54-40-24-18-25-41(34-40)58(35-38-20-8-5-9-21-38)50(63)64-33-17-7-12-28-45(59)52-30-19-32-56-31-16-15-29-46(56)66-48(61)53-43-27-14-13-26-42(43)39-22-10-6-11-23-39/h5-6,8-11,13-14,18,20-27,34,44,46,54H,7,12,15-17,19,28-33,35-37H2,1-4H3,(H,52,59)(H,53,61). The maximum Gasteiger partial charge on any atom is 0.414 e. The van der Waals surface area contributed by atoms with Gasteiger partial charge in [-0.25, -0.2) is 19.2 Å². The largest absolute Gasteiger partial charge is 0.449 e. The van der Waals surface area contributed by atoms with Crippen LogP contribution < -0.4 is 21.0 Å². The van der Waals surface area contributed by atoms with E-state index in [1.54, 1.807) is 36.7 Å². The van der Waals surface area contributed by atoms with Gasteiger partial charge in [-0.15, -0.1) is 0 Å². The number of nitrogens with one attached hydrogen (secondary N) is 3. The number of hydrogen-bond donors (Lipinski definition) is 3. The highest BCUT2D eigenvalue weighted by molar-refractivity contribution is 5.91. The summed E-state index contributed by atoms with van der Waals surface area (Å²) in [6, 6.07) is 33.5. The van der Waals surface area contributed by atoms with Crippen LogP contribution in [-0.2, 0) is 35.1 Å². The molecule has 358 valence electrons. The van der Waals surface area contributed by atoms with E-state index in [-0.39, 0.29) is 38.6 Å². The molecule has 2 fully saturated rings. The van der Waals surface area contributed by atoms with Crippen molar-refractivity contribution in [3.63, 3.8) is 0 Å². The molecule has 0 saturated carbocycles. The van der Waals surface area contributed by atoms with Crippen LogP contribution in [0.15, 0.2) is 109 Å². The third-order valence-corrected chi connectivity index (χ3v) is 11.3. The van der Waals surface area contributed by atoms with Gasteiger partial charge in [0.15, 0.2) is 13.0 Å². The van der Waals surface area contributed by atoms with Gasteiger partial charge >= 0.3 is 24.2 Å². The van der Waals surface area contributed by atoms with Crippen LogP contribution in [0.4, 0.5) is 31.4 Å². The van der Waals surface area contributed by atoms with Crippen LogP contribution in [0.3, 0.4) is 0 Å². The van der Waals surface area contributed by atoms with Gasteiger partial charge in [0.25, 0.3) is 0 Å². The van der Waals surface area contributed by atoms with Crippen LogP contribution in [0.5, 0.6) is 0 Å². The minimum Gasteiger partial charge on any atom is -0.449 e. The molecule has 2 atom stereocenters. The Morgan fingerprint density at radius 2 is 1.58 bits per heavy atom. The first-order chi connectivity index (χ1) is 32.3. The molecule has 0 aliphatic carbocycles. The molecule has 16 nitrogen and oxygen atoms in total. The lowest BCUT2D eigenvalue weighted by Crippen LogP contribution is -2.56. The first-order valence-electron chi connectivity index (χ1n) is 23.2. The average molecular weight is 920 g/mol. The summed E-state index contributed by atoms with van der Waals surface area (Å²) in [6.45, 7) is 7.83. The molecule has 4 aromatic rings. The number of piperidine rings is 1. The van der Waals surface area contributed by atoms with Crippen molar-refractivity contribution in [2.75, 3.05) is 62.2 Å². The monoisotopic (exact) mass is 919 g/mol. The number of ether oxygens (including phenoxy) is 4. The summed E-state index contributed by atoms with van der Waals surface area (Å²) in [4.78, 5) is 69.7. The van der Waals surface area contributed by atoms with Crippen molar-refractivity contribution in [1.29, 1.82) is 0 Å². The van der Waals surface area contributed by atoms with Crippen LogP contribution in [-0.4, -0.2) is 109 Å². The number of benzene rings is 4. The zero-order valence-corrected chi connectivity index (χ0v) is 39.1. The summed E-state index contributed by atoms with van der Waals surface area (Å²) in [5.74, 6) is -0.567. The number of esters is 1. The highest BCUT2D eigenvalue weighted by atomic mass is 16.6. The average Bonchev–Trinajstić information content (AvgIpc) is 3.32. The van der Waals surface area contributed by atoms with E-state index in [4.69, 9.17) is 18.9 Å². The number of hydrazine groups is 1. The second-order valence-electron chi connectivity index (χ2n) is 17.7. The van der Waals surface area contributed by atoms with Gasteiger partial charge in [-0.1, -0.05) is 84.9 Å². The van der Waals surface area contributed by atoms with Gasteiger partial charge in [0.05, 0.1) is 31.1 Å². The van der Waals surface area contributed by atoms with Gasteiger partial charge in [-0.2, -0.15) is 5.01 Å². The Bertz CT molecular complexity index is 2240. The number of hydrogen-bond acceptors (Lipinski definition) is 12. The Balaban J connectivity index is 0.907.